The standard InChI is InChI=1S/C14H19N3O/c1-3-17(11-14(18)16-10-6-9-15)13-8-5-4-7-12(13)2/h4-5,7-8H,3,6,10-11H2,1-2H3,(H,16,18). The van der Waals surface area contributed by atoms with E-state index < -0.39 is 0 Å². The zero-order valence-electron chi connectivity index (χ0n) is 10.9. The number of benzene rings is 1. The van der Waals surface area contributed by atoms with Crippen molar-refractivity contribution in [2.75, 3.05) is 24.5 Å². The van der Waals surface area contributed by atoms with Crippen molar-refractivity contribution in [1.82, 2.24) is 5.32 Å². The summed E-state index contributed by atoms with van der Waals surface area (Å²) in [6.07, 6.45) is 0.349. The molecule has 0 fully saturated rings. The first-order valence-corrected chi connectivity index (χ1v) is 6.13. The van der Waals surface area contributed by atoms with Gasteiger partial charge in [-0.2, -0.15) is 5.26 Å². The van der Waals surface area contributed by atoms with Crippen LogP contribution in [0.25, 0.3) is 0 Å². The predicted octanol–water partition coefficient (Wildman–Crippen LogP) is 1.85. The third kappa shape index (κ3) is 4.10. The van der Waals surface area contributed by atoms with Crippen LogP contribution >= 0.6 is 0 Å². The summed E-state index contributed by atoms with van der Waals surface area (Å²) in [5, 5.41) is 11.1. The zero-order valence-corrected chi connectivity index (χ0v) is 10.9. The van der Waals surface area contributed by atoms with Gasteiger partial charge < -0.3 is 10.2 Å². The molecule has 0 radical (unpaired) electrons. The fraction of sp³-hybridized carbons (Fsp3) is 0.429. The molecule has 1 aromatic carbocycles. The summed E-state index contributed by atoms with van der Waals surface area (Å²) in [4.78, 5) is 13.7. The Labute approximate surface area is 108 Å². The Hall–Kier alpha value is -2.02. The third-order valence-corrected chi connectivity index (χ3v) is 2.73. The molecule has 4 heteroatoms. The van der Waals surface area contributed by atoms with E-state index in [0.717, 1.165) is 17.8 Å². The number of para-hydroxylation sites is 1. The molecule has 0 aliphatic carbocycles. The van der Waals surface area contributed by atoms with E-state index in [1.165, 1.54) is 0 Å². The number of nitrogens with one attached hydrogen (secondary N) is 1. The molecule has 0 atom stereocenters. The van der Waals surface area contributed by atoms with Gasteiger partial charge in [-0.15, -0.1) is 0 Å². The molecule has 0 saturated carbocycles. The van der Waals surface area contributed by atoms with Gasteiger partial charge in [0.25, 0.3) is 0 Å². The van der Waals surface area contributed by atoms with Crippen molar-refractivity contribution in [3.05, 3.63) is 29.8 Å². The molecular formula is C14H19N3O. The van der Waals surface area contributed by atoms with E-state index >= 15 is 0 Å². The highest BCUT2D eigenvalue weighted by atomic mass is 16.2. The summed E-state index contributed by atoms with van der Waals surface area (Å²) >= 11 is 0. The Bertz CT molecular complexity index is 437. The zero-order chi connectivity index (χ0) is 13.4. The van der Waals surface area contributed by atoms with Crippen LogP contribution in [0.4, 0.5) is 5.69 Å². The van der Waals surface area contributed by atoms with Gasteiger partial charge in [0.2, 0.25) is 5.91 Å². The number of anilines is 1. The summed E-state index contributed by atoms with van der Waals surface area (Å²) in [6.45, 7) is 5.57. The SMILES string of the molecule is CCN(CC(=O)NCCC#N)c1ccccc1C. The van der Waals surface area contributed by atoms with Crippen molar-refractivity contribution in [2.45, 2.75) is 20.3 Å². The molecular weight excluding hydrogens is 226 g/mol. The lowest BCUT2D eigenvalue weighted by Crippen LogP contribution is -2.37. The van der Waals surface area contributed by atoms with E-state index in [1.54, 1.807) is 0 Å². The third-order valence-electron chi connectivity index (χ3n) is 2.73. The maximum Gasteiger partial charge on any atom is 0.239 e. The molecule has 0 heterocycles. The van der Waals surface area contributed by atoms with Crippen molar-refractivity contribution in [2.24, 2.45) is 0 Å². The fourth-order valence-corrected chi connectivity index (χ4v) is 1.77. The van der Waals surface area contributed by atoms with E-state index in [-0.39, 0.29) is 5.91 Å². The van der Waals surface area contributed by atoms with Gasteiger partial charge in [0.15, 0.2) is 0 Å². The van der Waals surface area contributed by atoms with E-state index in [0.29, 0.717) is 19.5 Å². The average Bonchev–Trinajstić information content (AvgIpc) is 2.37. The maximum atomic E-state index is 11.7. The Morgan fingerprint density at radius 1 is 1.44 bits per heavy atom. The van der Waals surface area contributed by atoms with Crippen LogP contribution in [-0.4, -0.2) is 25.5 Å². The first kappa shape index (κ1) is 14.0. The molecule has 0 saturated heterocycles. The second-order valence-corrected chi connectivity index (χ2v) is 4.06. The summed E-state index contributed by atoms with van der Waals surface area (Å²) < 4.78 is 0. The van der Waals surface area contributed by atoms with Crippen LogP contribution in [0.1, 0.15) is 18.9 Å². The number of nitrogens with zero attached hydrogens (tertiary/aromatic N) is 2. The molecule has 96 valence electrons. The van der Waals surface area contributed by atoms with Gasteiger partial charge in [0.1, 0.15) is 0 Å². The summed E-state index contributed by atoms with van der Waals surface area (Å²) in [6, 6.07) is 10.0. The summed E-state index contributed by atoms with van der Waals surface area (Å²) in [5.74, 6) is -0.0460. The number of carbonyl (C=O) groups excluding carboxylic acids is 1. The molecule has 4 nitrogen and oxygen atoms in total. The van der Waals surface area contributed by atoms with Gasteiger partial charge in [-0.3, -0.25) is 4.79 Å². The number of carbonyl (C=O) groups is 1. The minimum atomic E-state index is -0.0460. The van der Waals surface area contributed by atoms with Crippen molar-refractivity contribution in [3.8, 4) is 6.07 Å². The smallest absolute Gasteiger partial charge is 0.239 e. The van der Waals surface area contributed by atoms with Crippen molar-refractivity contribution >= 4 is 11.6 Å². The Kier molecular flexibility index (Phi) is 5.72. The molecule has 0 bridgehead atoms. The van der Waals surface area contributed by atoms with Crippen molar-refractivity contribution in [3.63, 3.8) is 0 Å². The Balaban J connectivity index is 2.60. The predicted molar refractivity (Wildman–Crippen MR) is 72.3 cm³/mol. The number of hydrogen-bond acceptors (Lipinski definition) is 3. The van der Waals surface area contributed by atoms with E-state index in [1.807, 2.05) is 49.1 Å². The Morgan fingerprint density at radius 2 is 2.17 bits per heavy atom. The molecule has 0 spiro atoms. The maximum absolute atomic E-state index is 11.7. The Morgan fingerprint density at radius 3 is 2.78 bits per heavy atom. The molecule has 0 aliphatic heterocycles. The van der Waals surface area contributed by atoms with Gasteiger partial charge in [0, 0.05) is 18.8 Å². The minimum Gasteiger partial charge on any atom is -0.362 e. The second-order valence-electron chi connectivity index (χ2n) is 4.06. The lowest BCUT2D eigenvalue weighted by atomic mass is 10.2. The van der Waals surface area contributed by atoms with Gasteiger partial charge >= 0.3 is 0 Å². The fourth-order valence-electron chi connectivity index (χ4n) is 1.77. The molecule has 1 rings (SSSR count). The van der Waals surface area contributed by atoms with Crippen LogP contribution < -0.4 is 10.2 Å². The summed E-state index contributed by atoms with van der Waals surface area (Å²) in [7, 11) is 0. The van der Waals surface area contributed by atoms with Crippen LogP contribution in [0.15, 0.2) is 24.3 Å². The lowest BCUT2D eigenvalue weighted by Gasteiger charge is -2.24. The van der Waals surface area contributed by atoms with Gasteiger partial charge in [0.05, 0.1) is 19.0 Å². The highest BCUT2D eigenvalue weighted by Gasteiger charge is 2.10. The number of likely N-dealkylation sites (N-methyl/N-ethyl adjacent to an activating group) is 1. The van der Waals surface area contributed by atoms with Crippen molar-refractivity contribution in [1.29, 1.82) is 5.26 Å². The number of nitriles is 1. The molecule has 1 aromatic rings. The second kappa shape index (κ2) is 7.33. The first-order chi connectivity index (χ1) is 8.69. The number of amides is 1. The van der Waals surface area contributed by atoms with Gasteiger partial charge in [-0.1, -0.05) is 18.2 Å². The molecule has 18 heavy (non-hydrogen) atoms. The van der Waals surface area contributed by atoms with E-state index in [9.17, 15) is 4.79 Å². The highest BCUT2D eigenvalue weighted by molar-refractivity contribution is 5.81. The van der Waals surface area contributed by atoms with Gasteiger partial charge in [-0.25, -0.2) is 0 Å². The van der Waals surface area contributed by atoms with Crippen LogP contribution in [0.5, 0.6) is 0 Å². The van der Waals surface area contributed by atoms with Crippen LogP contribution in [0.3, 0.4) is 0 Å². The summed E-state index contributed by atoms with van der Waals surface area (Å²) in [5.41, 5.74) is 2.24. The lowest BCUT2D eigenvalue weighted by molar-refractivity contribution is -0.119. The monoisotopic (exact) mass is 245 g/mol. The molecule has 1 amide bonds. The van der Waals surface area contributed by atoms with E-state index in [4.69, 9.17) is 5.26 Å². The normalized spacial score (nSPS) is 9.61. The quantitative estimate of drug-likeness (QED) is 0.778. The van der Waals surface area contributed by atoms with Crippen LogP contribution in [0.2, 0.25) is 0 Å². The largest absolute Gasteiger partial charge is 0.362 e. The van der Waals surface area contributed by atoms with E-state index in [2.05, 4.69) is 5.32 Å². The minimum absolute atomic E-state index is 0.0460. The number of aryl methyl sites for hydroxylation is 1. The average molecular weight is 245 g/mol. The van der Waals surface area contributed by atoms with Crippen LogP contribution in [-0.2, 0) is 4.79 Å². The molecule has 0 unspecified atom stereocenters. The number of hydrogen-bond donors (Lipinski definition) is 1. The molecule has 1 N–H and O–H groups in total. The molecule has 0 aliphatic rings. The van der Waals surface area contributed by atoms with Crippen molar-refractivity contribution < 1.29 is 4.79 Å². The highest BCUT2D eigenvalue weighted by Crippen LogP contribution is 2.18. The molecule has 0 aromatic heterocycles. The van der Waals surface area contributed by atoms with Crippen LogP contribution in [0, 0.1) is 18.3 Å². The number of rotatable bonds is 6. The van der Waals surface area contributed by atoms with Gasteiger partial charge in [-0.05, 0) is 25.5 Å². The first-order valence-electron chi connectivity index (χ1n) is 6.13. The topological polar surface area (TPSA) is 56.1 Å².